The van der Waals surface area contributed by atoms with E-state index in [0.29, 0.717) is 28.8 Å². The summed E-state index contributed by atoms with van der Waals surface area (Å²) in [6.45, 7) is 0.515. The Bertz CT molecular complexity index is 1350. The lowest BCUT2D eigenvalue weighted by Gasteiger charge is -2.38. The summed E-state index contributed by atoms with van der Waals surface area (Å²) in [5.74, 6) is -3.45. The Kier molecular flexibility index (Phi) is 5.52. The van der Waals surface area contributed by atoms with E-state index >= 15 is 0 Å². The van der Waals surface area contributed by atoms with E-state index in [1.165, 1.54) is 12.8 Å². The molecule has 0 bridgehead atoms. The molecule has 0 radical (unpaired) electrons. The zero-order valence-electron chi connectivity index (χ0n) is 20.8. The molecule has 37 heavy (non-hydrogen) atoms. The number of nitrogens with one attached hydrogen (secondary N) is 1. The SMILES string of the molecule is CS(=O)(=O)Nc1ccc2c(c1)C1(CCC3(CC3)CC1)CN2C(=O)c1cccc([C@H](O)C2CC(F)(F)C2)c1. The van der Waals surface area contributed by atoms with Crippen LogP contribution < -0.4 is 9.62 Å². The molecule has 0 aromatic heterocycles. The van der Waals surface area contributed by atoms with Crippen molar-refractivity contribution >= 4 is 27.3 Å². The number of fused-ring (bicyclic) bond motifs is 2. The van der Waals surface area contributed by atoms with Crippen molar-refractivity contribution in [2.45, 2.75) is 68.8 Å². The van der Waals surface area contributed by atoms with Crippen LogP contribution in [0.3, 0.4) is 0 Å². The number of aliphatic hydroxyl groups is 1. The molecule has 1 aliphatic heterocycles. The van der Waals surface area contributed by atoms with Crippen molar-refractivity contribution in [3.05, 3.63) is 59.2 Å². The number of alkyl halides is 2. The van der Waals surface area contributed by atoms with Gasteiger partial charge in [-0.25, -0.2) is 17.2 Å². The molecule has 2 aromatic rings. The van der Waals surface area contributed by atoms with Crippen LogP contribution in [0.2, 0.25) is 0 Å². The molecule has 2 aromatic carbocycles. The molecule has 1 heterocycles. The number of nitrogens with zero attached hydrogens (tertiary/aromatic N) is 1. The van der Waals surface area contributed by atoms with Gasteiger partial charge < -0.3 is 10.0 Å². The van der Waals surface area contributed by atoms with Crippen LogP contribution in [0.4, 0.5) is 20.2 Å². The van der Waals surface area contributed by atoms with Gasteiger partial charge in [-0.15, -0.1) is 0 Å². The fourth-order valence-corrected chi connectivity index (χ4v) is 7.26. The molecule has 6 nitrogen and oxygen atoms in total. The third kappa shape index (κ3) is 4.54. The molecule has 198 valence electrons. The highest BCUT2D eigenvalue weighted by Gasteiger charge is 2.54. The number of halogens is 2. The first-order valence-corrected chi connectivity index (χ1v) is 14.9. The van der Waals surface area contributed by atoms with Crippen LogP contribution >= 0.6 is 0 Å². The second-order valence-corrected chi connectivity index (χ2v) is 13.6. The fraction of sp³-hybridized carbons (Fsp3) is 0.536. The predicted molar refractivity (Wildman–Crippen MR) is 137 cm³/mol. The number of rotatable bonds is 5. The molecule has 9 heteroatoms. The van der Waals surface area contributed by atoms with E-state index in [0.717, 1.165) is 43.2 Å². The van der Waals surface area contributed by atoms with Crippen molar-refractivity contribution in [1.29, 1.82) is 0 Å². The van der Waals surface area contributed by atoms with Crippen LogP contribution in [0.1, 0.15) is 79.0 Å². The number of hydrogen-bond donors (Lipinski definition) is 2. The first-order chi connectivity index (χ1) is 17.4. The van der Waals surface area contributed by atoms with Gasteiger partial charge in [0.1, 0.15) is 0 Å². The molecule has 1 atom stereocenters. The lowest BCUT2D eigenvalue weighted by molar-refractivity contribution is -0.142. The summed E-state index contributed by atoms with van der Waals surface area (Å²) in [6.07, 6.45) is 6.00. The Morgan fingerprint density at radius 1 is 1.05 bits per heavy atom. The highest BCUT2D eigenvalue weighted by molar-refractivity contribution is 7.92. The molecule has 2 N–H and O–H groups in total. The summed E-state index contributed by atoms with van der Waals surface area (Å²) in [7, 11) is -3.44. The van der Waals surface area contributed by atoms with E-state index in [1.807, 2.05) is 12.1 Å². The first-order valence-electron chi connectivity index (χ1n) is 13.0. The molecule has 1 amide bonds. The maximum atomic E-state index is 13.8. The summed E-state index contributed by atoms with van der Waals surface area (Å²) in [6, 6.07) is 12.0. The van der Waals surface area contributed by atoms with Gasteiger partial charge in [-0.2, -0.15) is 0 Å². The van der Waals surface area contributed by atoms with E-state index in [2.05, 4.69) is 4.72 Å². The van der Waals surface area contributed by atoms with Gasteiger partial charge in [0, 0.05) is 47.7 Å². The van der Waals surface area contributed by atoms with Crippen LogP contribution in [0.15, 0.2) is 42.5 Å². The highest BCUT2D eigenvalue weighted by atomic mass is 32.2. The van der Waals surface area contributed by atoms with Gasteiger partial charge in [0.05, 0.1) is 12.4 Å². The van der Waals surface area contributed by atoms with Crippen molar-refractivity contribution in [3.8, 4) is 0 Å². The Balaban J connectivity index is 1.31. The minimum Gasteiger partial charge on any atom is -0.388 e. The third-order valence-corrected chi connectivity index (χ3v) is 9.74. The first kappa shape index (κ1) is 24.8. The van der Waals surface area contributed by atoms with Crippen molar-refractivity contribution in [1.82, 2.24) is 0 Å². The molecule has 0 saturated heterocycles. The van der Waals surface area contributed by atoms with Crippen LogP contribution in [0.25, 0.3) is 0 Å². The zero-order valence-corrected chi connectivity index (χ0v) is 21.7. The summed E-state index contributed by atoms with van der Waals surface area (Å²) in [4.78, 5) is 15.6. The molecule has 3 saturated carbocycles. The molecule has 2 spiro atoms. The number of benzene rings is 2. The molecule has 0 unspecified atom stereocenters. The number of sulfonamides is 1. The average Bonchev–Trinajstić information content (AvgIpc) is 3.53. The Hall–Kier alpha value is -2.52. The predicted octanol–water partition coefficient (Wildman–Crippen LogP) is 5.39. The van der Waals surface area contributed by atoms with Crippen LogP contribution in [0.5, 0.6) is 0 Å². The van der Waals surface area contributed by atoms with Crippen LogP contribution in [0, 0.1) is 11.3 Å². The quantitative estimate of drug-likeness (QED) is 0.543. The van der Waals surface area contributed by atoms with Gasteiger partial charge in [-0.1, -0.05) is 12.1 Å². The third-order valence-electron chi connectivity index (χ3n) is 9.14. The van der Waals surface area contributed by atoms with Crippen LogP contribution in [-0.2, 0) is 15.4 Å². The molecule has 6 rings (SSSR count). The van der Waals surface area contributed by atoms with Gasteiger partial charge in [-0.3, -0.25) is 9.52 Å². The number of anilines is 2. The van der Waals surface area contributed by atoms with Crippen molar-refractivity contribution < 1.29 is 27.1 Å². The molecular weight excluding hydrogens is 498 g/mol. The Labute approximate surface area is 216 Å². The van der Waals surface area contributed by atoms with E-state index in [-0.39, 0.29) is 24.2 Å². The normalized spacial score (nSPS) is 23.9. The summed E-state index contributed by atoms with van der Waals surface area (Å²) < 4.78 is 53.0. The van der Waals surface area contributed by atoms with E-state index in [4.69, 9.17) is 0 Å². The minimum atomic E-state index is -3.44. The number of aliphatic hydroxyl groups excluding tert-OH is 1. The van der Waals surface area contributed by atoms with Crippen molar-refractivity contribution in [2.24, 2.45) is 11.3 Å². The molecule has 3 fully saturated rings. The maximum Gasteiger partial charge on any atom is 0.258 e. The van der Waals surface area contributed by atoms with Gasteiger partial charge in [0.25, 0.3) is 5.91 Å². The van der Waals surface area contributed by atoms with Crippen LogP contribution in [-0.4, -0.2) is 38.2 Å². The average molecular weight is 531 g/mol. The van der Waals surface area contributed by atoms with Crippen molar-refractivity contribution in [2.75, 3.05) is 22.4 Å². The number of amides is 1. The Morgan fingerprint density at radius 2 is 1.73 bits per heavy atom. The lowest BCUT2D eigenvalue weighted by atomic mass is 9.66. The summed E-state index contributed by atoms with van der Waals surface area (Å²) in [5, 5.41) is 10.7. The summed E-state index contributed by atoms with van der Waals surface area (Å²) >= 11 is 0. The molecular formula is C28H32F2N2O4S. The van der Waals surface area contributed by atoms with E-state index in [9.17, 15) is 27.1 Å². The minimum absolute atomic E-state index is 0.207. The fourth-order valence-electron chi connectivity index (χ4n) is 6.71. The molecule has 4 aliphatic rings. The largest absolute Gasteiger partial charge is 0.388 e. The maximum absolute atomic E-state index is 13.8. The van der Waals surface area contributed by atoms with E-state index in [1.54, 1.807) is 35.2 Å². The van der Waals surface area contributed by atoms with Gasteiger partial charge >= 0.3 is 0 Å². The second kappa shape index (κ2) is 8.24. The topological polar surface area (TPSA) is 86.7 Å². The van der Waals surface area contributed by atoms with E-state index < -0.39 is 28.0 Å². The van der Waals surface area contributed by atoms with Gasteiger partial charge in [-0.05, 0) is 85.4 Å². The monoisotopic (exact) mass is 530 g/mol. The summed E-state index contributed by atoms with van der Waals surface area (Å²) in [5.41, 5.74) is 3.36. The standard InChI is InChI=1S/C28H32F2N2O4S/c1-37(35,36)31-21-5-6-23-22(14-21)27(11-9-26(7-8-26)10-12-27)17-32(23)25(34)19-4-2-3-18(13-19)24(33)20-15-28(29,30)16-20/h2-6,13-14,20,24,31,33H,7-12,15-17H2,1H3/t24-/m0/s1. The number of hydrogen-bond acceptors (Lipinski definition) is 4. The Morgan fingerprint density at radius 3 is 2.35 bits per heavy atom. The molecule has 3 aliphatic carbocycles. The number of carbonyl (C=O) groups is 1. The van der Waals surface area contributed by atoms with Gasteiger partial charge in [0.15, 0.2) is 0 Å². The zero-order chi connectivity index (χ0) is 26.2. The second-order valence-electron chi connectivity index (χ2n) is 11.9. The van der Waals surface area contributed by atoms with Gasteiger partial charge in [0.2, 0.25) is 15.9 Å². The highest BCUT2D eigenvalue weighted by Crippen LogP contribution is 2.62. The van der Waals surface area contributed by atoms with Crippen molar-refractivity contribution in [3.63, 3.8) is 0 Å². The number of carbonyl (C=O) groups excluding carboxylic acids is 1. The lowest BCUT2D eigenvalue weighted by Crippen LogP contribution is -2.40. The smallest absolute Gasteiger partial charge is 0.258 e.